The zero-order chi connectivity index (χ0) is 7.28. The minimum Gasteiger partial charge on any atom is -0.395 e. The van der Waals surface area contributed by atoms with Crippen molar-refractivity contribution in [1.82, 2.24) is 10.3 Å². The van der Waals surface area contributed by atoms with Gasteiger partial charge in [-0.15, -0.1) is 0 Å². The van der Waals surface area contributed by atoms with Crippen LogP contribution in [0.3, 0.4) is 0 Å². The van der Waals surface area contributed by atoms with Crippen molar-refractivity contribution in [3.8, 4) is 0 Å². The molecule has 4 N–H and O–H groups in total. The fourth-order valence-corrected chi connectivity index (χ4v) is 0.453. The van der Waals surface area contributed by atoms with Crippen molar-refractivity contribution in [2.75, 3.05) is 20.2 Å². The van der Waals surface area contributed by atoms with E-state index in [1.807, 2.05) is 0 Å². The summed E-state index contributed by atoms with van der Waals surface area (Å²) in [6, 6.07) is 0. The lowest BCUT2D eigenvalue weighted by Crippen LogP contribution is -2.42. The van der Waals surface area contributed by atoms with Crippen molar-refractivity contribution in [2.24, 2.45) is 5.84 Å². The van der Waals surface area contributed by atoms with Crippen LogP contribution in [0.25, 0.3) is 0 Å². The molecule has 54 valence electrons. The van der Waals surface area contributed by atoms with E-state index in [0.717, 1.165) is 0 Å². The van der Waals surface area contributed by atoms with E-state index in [9.17, 15) is 0 Å². The predicted octanol–water partition coefficient (Wildman–Crippen LogP) is -1.34. The summed E-state index contributed by atoms with van der Waals surface area (Å²) >= 11 is 4.72. The van der Waals surface area contributed by atoms with E-state index < -0.39 is 0 Å². The van der Waals surface area contributed by atoms with Crippen LogP contribution in [-0.2, 0) is 0 Å². The molecule has 0 radical (unpaired) electrons. The quantitative estimate of drug-likeness (QED) is 0.258. The second kappa shape index (κ2) is 4.49. The van der Waals surface area contributed by atoms with Crippen molar-refractivity contribution in [2.45, 2.75) is 0 Å². The number of nitrogens with one attached hydrogen (secondary N) is 1. The van der Waals surface area contributed by atoms with E-state index >= 15 is 0 Å². The van der Waals surface area contributed by atoms with Crippen molar-refractivity contribution in [3.63, 3.8) is 0 Å². The van der Waals surface area contributed by atoms with E-state index in [1.54, 1.807) is 11.9 Å². The Hall–Kier alpha value is -0.390. The molecule has 0 saturated carbocycles. The molecule has 0 bridgehead atoms. The van der Waals surface area contributed by atoms with Gasteiger partial charge in [0.1, 0.15) is 0 Å². The first kappa shape index (κ1) is 8.61. The van der Waals surface area contributed by atoms with Gasteiger partial charge in [0.15, 0.2) is 5.11 Å². The number of thiocarbonyl (C=S) groups is 1. The lowest BCUT2D eigenvalue weighted by Gasteiger charge is -2.16. The maximum absolute atomic E-state index is 8.41. The normalized spacial score (nSPS) is 8.78. The Balaban J connectivity index is 3.45. The SMILES string of the molecule is CN(CCO)C(=S)NN. The van der Waals surface area contributed by atoms with Crippen LogP contribution in [0.4, 0.5) is 0 Å². The van der Waals surface area contributed by atoms with Crippen LogP contribution in [0, 0.1) is 0 Å². The van der Waals surface area contributed by atoms with Crippen molar-refractivity contribution >= 4 is 17.3 Å². The Morgan fingerprint density at radius 3 is 2.78 bits per heavy atom. The van der Waals surface area contributed by atoms with Gasteiger partial charge in [-0.25, -0.2) is 5.84 Å². The number of nitrogens with zero attached hydrogens (tertiary/aromatic N) is 1. The molecular formula is C4H11N3OS. The molecule has 0 aromatic carbocycles. The van der Waals surface area contributed by atoms with Gasteiger partial charge < -0.3 is 15.4 Å². The first-order chi connectivity index (χ1) is 4.22. The smallest absolute Gasteiger partial charge is 0.183 e. The molecule has 0 aliphatic carbocycles. The molecule has 5 heteroatoms. The first-order valence-corrected chi connectivity index (χ1v) is 2.95. The van der Waals surface area contributed by atoms with Crippen LogP contribution >= 0.6 is 12.2 Å². The highest BCUT2D eigenvalue weighted by Crippen LogP contribution is 1.80. The van der Waals surface area contributed by atoms with Gasteiger partial charge in [-0.05, 0) is 12.2 Å². The molecule has 0 saturated heterocycles. The van der Waals surface area contributed by atoms with Crippen LogP contribution in [-0.4, -0.2) is 35.3 Å². The Labute approximate surface area is 59.6 Å². The number of hydrogen-bond acceptors (Lipinski definition) is 3. The fraction of sp³-hybridized carbons (Fsp3) is 0.750. The Kier molecular flexibility index (Phi) is 4.29. The molecule has 0 fully saturated rings. The fourth-order valence-electron chi connectivity index (χ4n) is 0.362. The summed E-state index contributed by atoms with van der Waals surface area (Å²) in [5, 5.41) is 8.85. The van der Waals surface area contributed by atoms with Crippen LogP contribution < -0.4 is 11.3 Å². The third-order valence-electron chi connectivity index (χ3n) is 0.906. The van der Waals surface area contributed by atoms with Gasteiger partial charge in [0.2, 0.25) is 0 Å². The summed E-state index contributed by atoms with van der Waals surface area (Å²) in [4.78, 5) is 1.65. The Bertz CT molecular complexity index is 97.8. The Morgan fingerprint density at radius 1 is 1.89 bits per heavy atom. The maximum atomic E-state index is 8.41. The largest absolute Gasteiger partial charge is 0.395 e. The summed E-state index contributed by atoms with van der Waals surface area (Å²) in [6.45, 7) is 0.585. The summed E-state index contributed by atoms with van der Waals surface area (Å²) < 4.78 is 0. The molecule has 0 aromatic heterocycles. The molecule has 0 aliphatic rings. The second-order valence-corrected chi connectivity index (χ2v) is 1.98. The maximum Gasteiger partial charge on any atom is 0.183 e. The molecule has 9 heavy (non-hydrogen) atoms. The number of likely N-dealkylation sites (N-methyl/N-ethyl adjacent to an activating group) is 1. The molecular weight excluding hydrogens is 138 g/mol. The zero-order valence-corrected chi connectivity index (χ0v) is 6.11. The molecule has 0 spiro atoms. The van der Waals surface area contributed by atoms with Crippen LogP contribution in [0.2, 0.25) is 0 Å². The summed E-state index contributed by atoms with van der Waals surface area (Å²) in [7, 11) is 1.75. The Morgan fingerprint density at radius 2 is 2.44 bits per heavy atom. The number of hydrogen-bond donors (Lipinski definition) is 3. The number of rotatable bonds is 2. The molecule has 0 amide bonds. The molecule has 0 aromatic rings. The summed E-state index contributed by atoms with van der Waals surface area (Å²) in [6.07, 6.45) is 0. The van der Waals surface area contributed by atoms with Crippen molar-refractivity contribution < 1.29 is 5.11 Å². The van der Waals surface area contributed by atoms with Crippen LogP contribution in [0.15, 0.2) is 0 Å². The van der Waals surface area contributed by atoms with E-state index in [0.29, 0.717) is 11.7 Å². The summed E-state index contributed by atoms with van der Waals surface area (Å²) in [5.41, 5.74) is 2.30. The first-order valence-electron chi connectivity index (χ1n) is 2.55. The summed E-state index contributed by atoms with van der Waals surface area (Å²) in [5.74, 6) is 4.99. The molecule has 0 atom stereocenters. The van der Waals surface area contributed by atoms with Gasteiger partial charge in [-0.1, -0.05) is 0 Å². The van der Waals surface area contributed by atoms with Gasteiger partial charge in [-0.2, -0.15) is 0 Å². The lowest BCUT2D eigenvalue weighted by atomic mass is 10.6. The second-order valence-electron chi connectivity index (χ2n) is 1.59. The monoisotopic (exact) mass is 149 g/mol. The van der Waals surface area contributed by atoms with E-state index in [4.69, 9.17) is 23.2 Å². The number of nitrogens with two attached hydrogens (primary N) is 1. The van der Waals surface area contributed by atoms with Gasteiger partial charge in [0, 0.05) is 13.6 Å². The highest BCUT2D eigenvalue weighted by Gasteiger charge is 1.97. The molecule has 4 nitrogen and oxygen atoms in total. The third-order valence-corrected chi connectivity index (χ3v) is 1.34. The molecule has 0 heterocycles. The van der Waals surface area contributed by atoms with E-state index in [2.05, 4.69) is 5.43 Å². The predicted molar refractivity (Wildman–Crippen MR) is 39.6 cm³/mol. The molecule has 0 rings (SSSR count). The van der Waals surface area contributed by atoms with Crippen molar-refractivity contribution in [1.29, 1.82) is 0 Å². The number of aliphatic hydroxyl groups is 1. The molecule has 0 aliphatic heterocycles. The highest BCUT2D eigenvalue weighted by molar-refractivity contribution is 7.80. The van der Waals surface area contributed by atoms with Gasteiger partial charge in [0.05, 0.1) is 6.61 Å². The minimum absolute atomic E-state index is 0.0817. The topological polar surface area (TPSA) is 61.5 Å². The van der Waals surface area contributed by atoms with E-state index in [-0.39, 0.29) is 6.61 Å². The lowest BCUT2D eigenvalue weighted by molar-refractivity contribution is 0.263. The van der Waals surface area contributed by atoms with Crippen LogP contribution in [0.1, 0.15) is 0 Å². The van der Waals surface area contributed by atoms with Gasteiger partial charge >= 0.3 is 0 Å². The highest BCUT2D eigenvalue weighted by atomic mass is 32.1. The van der Waals surface area contributed by atoms with Crippen molar-refractivity contribution in [3.05, 3.63) is 0 Å². The zero-order valence-electron chi connectivity index (χ0n) is 5.29. The van der Waals surface area contributed by atoms with Crippen LogP contribution in [0.5, 0.6) is 0 Å². The average molecular weight is 149 g/mol. The third kappa shape index (κ3) is 3.23. The van der Waals surface area contributed by atoms with E-state index in [1.165, 1.54) is 0 Å². The minimum atomic E-state index is 0.0817. The number of aliphatic hydroxyl groups excluding tert-OH is 1. The number of hydrazine groups is 1. The van der Waals surface area contributed by atoms with Gasteiger partial charge in [-0.3, -0.25) is 0 Å². The van der Waals surface area contributed by atoms with Gasteiger partial charge in [0.25, 0.3) is 0 Å². The standard InChI is InChI=1S/C4H11N3OS/c1-7(2-3-8)4(9)6-5/h8H,2-3,5H2,1H3,(H,6,9). The molecule has 0 unspecified atom stereocenters. The average Bonchev–Trinajstić information content (AvgIpc) is 1.87.